The Labute approximate surface area is 167 Å². The van der Waals surface area contributed by atoms with Gasteiger partial charge in [-0.05, 0) is 51.0 Å². The first kappa shape index (κ1) is 20.6. The molecule has 3 aromatic rings. The number of anilines is 1. The molecule has 29 heavy (non-hydrogen) atoms. The third-order valence-corrected chi connectivity index (χ3v) is 4.37. The number of benzene rings is 1. The Hall–Kier alpha value is -3.16. The van der Waals surface area contributed by atoms with Gasteiger partial charge in [0.2, 0.25) is 0 Å². The number of nitrogens with two attached hydrogens (primary N) is 1. The summed E-state index contributed by atoms with van der Waals surface area (Å²) in [5.41, 5.74) is 6.31. The number of carbonyl (C=O) groups excluding carboxylic acids is 1. The van der Waals surface area contributed by atoms with E-state index in [1.807, 2.05) is 6.92 Å². The summed E-state index contributed by atoms with van der Waals surface area (Å²) in [5.74, 6) is -0.378. The fourth-order valence-corrected chi connectivity index (χ4v) is 3.30. The van der Waals surface area contributed by atoms with Crippen LogP contribution in [0.15, 0.2) is 35.5 Å². The van der Waals surface area contributed by atoms with E-state index in [1.165, 1.54) is 33.8 Å². The molecule has 0 saturated carbocycles. The fraction of sp³-hybridized carbons (Fsp3) is 0.381. The number of halogens is 1. The Bertz CT molecular complexity index is 1130. The van der Waals surface area contributed by atoms with Gasteiger partial charge in [0.15, 0.2) is 0 Å². The highest BCUT2D eigenvalue weighted by Gasteiger charge is 2.24. The molecule has 0 spiro atoms. The molecule has 8 heteroatoms. The Morgan fingerprint density at radius 2 is 2.00 bits per heavy atom. The van der Waals surface area contributed by atoms with Gasteiger partial charge in [-0.2, -0.15) is 0 Å². The number of aryl methyl sites for hydroxylation is 1. The molecule has 0 amide bonds. The number of carbonyl (C=O) groups is 1. The van der Waals surface area contributed by atoms with Crippen LogP contribution in [0.2, 0.25) is 0 Å². The van der Waals surface area contributed by atoms with E-state index in [1.54, 1.807) is 26.8 Å². The van der Waals surface area contributed by atoms with Crippen LogP contribution < -0.4 is 11.3 Å². The van der Waals surface area contributed by atoms with Gasteiger partial charge in [0.1, 0.15) is 17.1 Å². The lowest BCUT2D eigenvalue weighted by atomic mass is 10.1. The van der Waals surface area contributed by atoms with E-state index >= 15 is 0 Å². The van der Waals surface area contributed by atoms with E-state index < -0.39 is 17.3 Å². The van der Waals surface area contributed by atoms with Crippen LogP contribution in [0.4, 0.5) is 14.9 Å². The van der Waals surface area contributed by atoms with Crippen molar-refractivity contribution in [3.05, 3.63) is 58.2 Å². The summed E-state index contributed by atoms with van der Waals surface area (Å²) in [6.45, 7) is 7.34. The highest BCUT2D eigenvalue weighted by molar-refractivity contribution is 5.93. The predicted octanol–water partition coefficient (Wildman–Crippen LogP) is 3.70. The number of nitrogens with zero attached hydrogens (tertiary/aromatic N) is 3. The third kappa shape index (κ3) is 4.31. The fourth-order valence-electron chi connectivity index (χ4n) is 3.30. The molecule has 1 aromatic carbocycles. The van der Waals surface area contributed by atoms with Crippen LogP contribution in [0.3, 0.4) is 0 Å². The summed E-state index contributed by atoms with van der Waals surface area (Å²) >= 11 is 0. The minimum absolute atomic E-state index is 0.00476. The van der Waals surface area contributed by atoms with Crippen LogP contribution in [-0.4, -0.2) is 25.8 Å². The molecule has 2 heterocycles. The van der Waals surface area contributed by atoms with Gasteiger partial charge in [0.25, 0.3) is 5.56 Å². The summed E-state index contributed by atoms with van der Waals surface area (Å²) in [6.07, 6.45) is 3.42. The van der Waals surface area contributed by atoms with E-state index in [0.29, 0.717) is 28.6 Å². The molecule has 0 unspecified atom stereocenters. The van der Waals surface area contributed by atoms with Gasteiger partial charge in [-0.25, -0.2) is 18.7 Å². The average Bonchev–Trinajstić information content (AvgIpc) is 2.95. The van der Waals surface area contributed by atoms with Crippen molar-refractivity contribution in [3.8, 4) is 0 Å². The molecular formula is C21H25FN4O3. The zero-order chi connectivity index (χ0) is 21.3. The van der Waals surface area contributed by atoms with Gasteiger partial charge < -0.3 is 10.5 Å². The second kappa shape index (κ2) is 7.69. The van der Waals surface area contributed by atoms with Gasteiger partial charge in [-0.15, -0.1) is 0 Å². The van der Waals surface area contributed by atoms with Crippen LogP contribution in [-0.2, 0) is 17.7 Å². The van der Waals surface area contributed by atoms with Crippen molar-refractivity contribution in [2.24, 2.45) is 0 Å². The number of hydrogen-bond acceptors (Lipinski definition) is 5. The number of aromatic nitrogens is 3. The van der Waals surface area contributed by atoms with Crippen molar-refractivity contribution in [1.29, 1.82) is 0 Å². The lowest BCUT2D eigenvalue weighted by molar-refractivity contribution is 0.0539. The van der Waals surface area contributed by atoms with Crippen LogP contribution in [0, 0.1) is 5.82 Å². The number of nitrogen functional groups attached to an aromatic ring is 1. The highest BCUT2D eigenvalue weighted by Crippen LogP contribution is 2.28. The summed E-state index contributed by atoms with van der Waals surface area (Å²) in [6, 6.07) is 4.50. The van der Waals surface area contributed by atoms with Crippen LogP contribution >= 0.6 is 0 Å². The van der Waals surface area contributed by atoms with Crippen molar-refractivity contribution < 1.29 is 13.9 Å². The number of fused-ring (bicyclic) bond motifs is 1. The van der Waals surface area contributed by atoms with Crippen molar-refractivity contribution in [2.45, 2.75) is 52.7 Å². The van der Waals surface area contributed by atoms with E-state index in [4.69, 9.17) is 10.5 Å². The van der Waals surface area contributed by atoms with E-state index in [9.17, 15) is 14.0 Å². The molecule has 0 aliphatic heterocycles. The minimum Gasteiger partial charge on any atom is -0.443 e. The number of hydrogen-bond donors (Lipinski definition) is 1. The van der Waals surface area contributed by atoms with E-state index in [-0.39, 0.29) is 18.0 Å². The van der Waals surface area contributed by atoms with Gasteiger partial charge in [0, 0.05) is 5.39 Å². The summed E-state index contributed by atoms with van der Waals surface area (Å²) in [4.78, 5) is 29.3. The minimum atomic E-state index is -0.717. The first-order chi connectivity index (χ1) is 13.6. The maximum Gasteiger partial charge on any atom is 0.419 e. The molecule has 2 N–H and O–H groups in total. The van der Waals surface area contributed by atoms with Crippen LogP contribution in [0.25, 0.3) is 10.9 Å². The first-order valence-electron chi connectivity index (χ1n) is 9.46. The standard InChI is InChI=1S/C21H25FN4O3/c1-5-6-13-7-15(22)8-14-9-16(11-25-12-24-10-17(23)19(25)27)26(18(13)14)20(28)29-21(2,3)4/h7-10,12H,5-6,11,23H2,1-4H3. The lowest BCUT2D eigenvalue weighted by Crippen LogP contribution is -2.30. The van der Waals surface area contributed by atoms with Crippen LogP contribution in [0.5, 0.6) is 0 Å². The van der Waals surface area contributed by atoms with Crippen molar-refractivity contribution in [1.82, 2.24) is 14.1 Å². The molecule has 0 radical (unpaired) electrons. The molecule has 0 saturated heterocycles. The topological polar surface area (TPSA) is 92.1 Å². The largest absolute Gasteiger partial charge is 0.443 e. The molecule has 7 nitrogen and oxygen atoms in total. The van der Waals surface area contributed by atoms with Gasteiger partial charge in [0.05, 0.1) is 30.3 Å². The van der Waals surface area contributed by atoms with Gasteiger partial charge in [-0.3, -0.25) is 9.36 Å². The first-order valence-corrected chi connectivity index (χ1v) is 9.46. The number of ether oxygens (including phenoxy) is 1. The molecule has 0 aliphatic carbocycles. The van der Waals surface area contributed by atoms with E-state index in [2.05, 4.69) is 4.98 Å². The molecule has 154 valence electrons. The summed E-state index contributed by atoms with van der Waals surface area (Å²) in [5, 5.41) is 0.569. The second-order valence-electron chi connectivity index (χ2n) is 7.99. The zero-order valence-corrected chi connectivity index (χ0v) is 17.0. The normalized spacial score (nSPS) is 11.8. The highest BCUT2D eigenvalue weighted by atomic mass is 19.1. The average molecular weight is 400 g/mol. The van der Waals surface area contributed by atoms with Crippen molar-refractivity contribution >= 4 is 22.7 Å². The summed E-state index contributed by atoms with van der Waals surface area (Å²) in [7, 11) is 0. The molecule has 0 fully saturated rings. The molecule has 0 atom stereocenters. The van der Waals surface area contributed by atoms with Gasteiger partial charge >= 0.3 is 6.09 Å². The third-order valence-electron chi connectivity index (χ3n) is 4.37. The quantitative estimate of drug-likeness (QED) is 0.721. The Balaban J connectivity index is 2.24. The van der Waals surface area contributed by atoms with Crippen molar-refractivity contribution in [3.63, 3.8) is 0 Å². The molecule has 3 rings (SSSR count). The molecular weight excluding hydrogens is 375 g/mol. The Morgan fingerprint density at radius 3 is 2.66 bits per heavy atom. The maximum absolute atomic E-state index is 14.2. The summed E-state index contributed by atoms with van der Waals surface area (Å²) < 4.78 is 22.5. The number of rotatable bonds is 4. The maximum atomic E-state index is 14.2. The smallest absolute Gasteiger partial charge is 0.419 e. The van der Waals surface area contributed by atoms with E-state index in [0.717, 1.165) is 6.42 Å². The zero-order valence-electron chi connectivity index (χ0n) is 17.0. The van der Waals surface area contributed by atoms with Crippen molar-refractivity contribution in [2.75, 3.05) is 5.73 Å². The molecule has 0 bridgehead atoms. The van der Waals surface area contributed by atoms with Crippen LogP contribution in [0.1, 0.15) is 45.4 Å². The second-order valence-corrected chi connectivity index (χ2v) is 7.99. The Morgan fingerprint density at radius 1 is 1.28 bits per heavy atom. The monoisotopic (exact) mass is 400 g/mol. The van der Waals surface area contributed by atoms with Gasteiger partial charge in [-0.1, -0.05) is 13.3 Å². The molecule has 0 aliphatic rings. The SMILES string of the molecule is CCCc1cc(F)cc2cc(Cn3cncc(N)c3=O)n(C(=O)OC(C)(C)C)c12. The Kier molecular flexibility index (Phi) is 5.46. The lowest BCUT2D eigenvalue weighted by Gasteiger charge is -2.21. The predicted molar refractivity (Wildman–Crippen MR) is 110 cm³/mol. The molecule has 2 aromatic heterocycles.